The number of carbonyl (C=O) groups is 2. The average Bonchev–Trinajstić information content (AvgIpc) is 3.14. The van der Waals surface area contributed by atoms with Gasteiger partial charge in [-0.3, -0.25) is 9.59 Å². The fourth-order valence-electron chi connectivity index (χ4n) is 3.77. The van der Waals surface area contributed by atoms with Crippen LogP contribution in [0.25, 0.3) is 0 Å². The van der Waals surface area contributed by atoms with E-state index in [0.717, 1.165) is 45.6 Å². The summed E-state index contributed by atoms with van der Waals surface area (Å²) in [7, 11) is 0. The van der Waals surface area contributed by atoms with Crippen molar-refractivity contribution in [2.45, 2.75) is 38.3 Å². The van der Waals surface area contributed by atoms with Crippen molar-refractivity contribution in [2.75, 3.05) is 39.4 Å². The summed E-state index contributed by atoms with van der Waals surface area (Å²) < 4.78 is 5.47. The van der Waals surface area contributed by atoms with Crippen LogP contribution in [0, 0.1) is 5.92 Å². The van der Waals surface area contributed by atoms with Gasteiger partial charge in [0.1, 0.15) is 6.04 Å². The third kappa shape index (κ3) is 2.92. The van der Waals surface area contributed by atoms with Crippen molar-refractivity contribution >= 4 is 11.8 Å². The van der Waals surface area contributed by atoms with Crippen LogP contribution < -0.4 is 5.32 Å². The number of hydrogen-bond acceptors (Lipinski definition) is 4. The number of piperazine rings is 1. The SMILES string of the molecule is CCNC(CN1CC(=O)N2CCCC2C1=O)C1CCOC1. The first kappa shape index (κ1) is 14.8. The molecule has 0 bridgehead atoms. The maximum Gasteiger partial charge on any atom is 0.245 e. The number of nitrogens with zero attached hydrogens (tertiary/aromatic N) is 2. The molecule has 0 aromatic carbocycles. The van der Waals surface area contributed by atoms with Crippen molar-refractivity contribution in [1.29, 1.82) is 0 Å². The molecule has 0 radical (unpaired) electrons. The first-order chi connectivity index (χ1) is 10.2. The van der Waals surface area contributed by atoms with Crippen molar-refractivity contribution in [3.8, 4) is 0 Å². The lowest BCUT2D eigenvalue weighted by molar-refractivity contribution is -0.154. The smallest absolute Gasteiger partial charge is 0.245 e. The van der Waals surface area contributed by atoms with Crippen molar-refractivity contribution in [3.63, 3.8) is 0 Å². The van der Waals surface area contributed by atoms with Crippen LogP contribution in [0.15, 0.2) is 0 Å². The highest BCUT2D eigenvalue weighted by atomic mass is 16.5. The molecule has 0 aromatic heterocycles. The second-order valence-corrected chi connectivity index (χ2v) is 6.25. The molecule has 0 aromatic rings. The number of fused-ring (bicyclic) bond motifs is 1. The molecular weight excluding hydrogens is 270 g/mol. The van der Waals surface area contributed by atoms with Crippen LogP contribution in [0.1, 0.15) is 26.2 Å². The molecule has 2 amide bonds. The van der Waals surface area contributed by atoms with Gasteiger partial charge in [-0.1, -0.05) is 6.92 Å². The topological polar surface area (TPSA) is 61.9 Å². The number of hydrogen-bond donors (Lipinski definition) is 1. The molecule has 3 aliphatic rings. The second-order valence-electron chi connectivity index (χ2n) is 6.25. The second kappa shape index (κ2) is 6.32. The van der Waals surface area contributed by atoms with Crippen LogP contribution in [0.2, 0.25) is 0 Å². The quantitative estimate of drug-likeness (QED) is 0.765. The van der Waals surface area contributed by atoms with Crippen molar-refractivity contribution in [1.82, 2.24) is 15.1 Å². The fourth-order valence-corrected chi connectivity index (χ4v) is 3.77. The molecule has 21 heavy (non-hydrogen) atoms. The summed E-state index contributed by atoms with van der Waals surface area (Å²) in [6.45, 7) is 6.11. The maximum atomic E-state index is 12.6. The Hall–Kier alpha value is -1.14. The predicted molar refractivity (Wildman–Crippen MR) is 77.7 cm³/mol. The zero-order valence-electron chi connectivity index (χ0n) is 12.7. The normalized spacial score (nSPS) is 30.9. The van der Waals surface area contributed by atoms with Gasteiger partial charge in [0.2, 0.25) is 11.8 Å². The third-order valence-electron chi connectivity index (χ3n) is 4.91. The summed E-state index contributed by atoms with van der Waals surface area (Å²) in [5.74, 6) is 0.679. The third-order valence-corrected chi connectivity index (χ3v) is 4.91. The molecule has 3 unspecified atom stereocenters. The Kier molecular flexibility index (Phi) is 4.45. The molecule has 6 heteroatoms. The van der Waals surface area contributed by atoms with Crippen LogP contribution >= 0.6 is 0 Å². The van der Waals surface area contributed by atoms with Crippen molar-refractivity contribution in [3.05, 3.63) is 0 Å². The van der Waals surface area contributed by atoms with Gasteiger partial charge in [0, 0.05) is 31.7 Å². The van der Waals surface area contributed by atoms with Gasteiger partial charge in [-0.2, -0.15) is 0 Å². The monoisotopic (exact) mass is 295 g/mol. The number of carbonyl (C=O) groups excluding carboxylic acids is 2. The molecule has 3 saturated heterocycles. The zero-order valence-corrected chi connectivity index (χ0v) is 12.7. The lowest BCUT2D eigenvalue weighted by Crippen LogP contribution is -2.60. The van der Waals surface area contributed by atoms with Gasteiger partial charge in [0.05, 0.1) is 13.2 Å². The summed E-state index contributed by atoms with van der Waals surface area (Å²) in [4.78, 5) is 28.3. The van der Waals surface area contributed by atoms with E-state index >= 15 is 0 Å². The lowest BCUT2D eigenvalue weighted by atomic mass is 9.97. The molecule has 0 saturated carbocycles. The summed E-state index contributed by atoms with van der Waals surface area (Å²) in [6.07, 6.45) is 2.80. The highest BCUT2D eigenvalue weighted by Gasteiger charge is 2.42. The molecule has 1 N–H and O–H groups in total. The molecule has 0 aliphatic carbocycles. The van der Waals surface area contributed by atoms with E-state index in [1.807, 2.05) is 0 Å². The summed E-state index contributed by atoms with van der Waals surface area (Å²) in [6, 6.07) is 0.0237. The fraction of sp³-hybridized carbons (Fsp3) is 0.867. The van der Waals surface area contributed by atoms with Crippen LogP contribution in [-0.4, -0.2) is 73.1 Å². The number of nitrogens with one attached hydrogen (secondary N) is 1. The molecule has 0 spiro atoms. The number of likely N-dealkylation sites (N-methyl/N-ethyl adjacent to an activating group) is 1. The minimum atomic E-state index is -0.201. The van der Waals surface area contributed by atoms with Crippen LogP contribution in [0.3, 0.4) is 0 Å². The van der Waals surface area contributed by atoms with Gasteiger partial charge in [0.25, 0.3) is 0 Å². The Morgan fingerprint density at radius 2 is 2.24 bits per heavy atom. The molecule has 3 fully saturated rings. The van der Waals surface area contributed by atoms with Crippen LogP contribution in [0.4, 0.5) is 0 Å². The predicted octanol–water partition coefficient (Wildman–Crippen LogP) is -0.166. The van der Waals surface area contributed by atoms with E-state index in [1.165, 1.54) is 0 Å². The minimum absolute atomic E-state index is 0.107. The molecular formula is C15H25N3O3. The molecule has 3 aliphatic heterocycles. The summed E-state index contributed by atoms with van der Waals surface area (Å²) in [5, 5.41) is 3.47. The van der Waals surface area contributed by atoms with Crippen molar-refractivity contribution < 1.29 is 14.3 Å². The summed E-state index contributed by atoms with van der Waals surface area (Å²) >= 11 is 0. The van der Waals surface area contributed by atoms with E-state index in [2.05, 4.69) is 12.2 Å². The van der Waals surface area contributed by atoms with Crippen molar-refractivity contribution in [2.24, 2.45) is 5.92 Å². The largest absolute Gasteiger partial charge is 0.381 e. The number of ether oxygens (including phenoxy) is 1. The van der Waals surface area contributed by atoms with Gasteiger partial charge in [-0.15, -0.1) is 0 Å². The molecule has 6 nitrogen and oxygen atoms in total. The van der Waals surface area contributed by atoms with E-state index in [9.17, 15) is 9.59 Å². The van der Waals surface area contributed by atoms with Gasteiger partial charge in [-0.25, -0.2) is 0 Å². The maximum absolute atomic E-state index is 12.6. The van der Waals surface area contributed by atoms with Gasteiger partial charge in [0.15, 0.2) is 0 Å². The van der Waals surface area contributed by atoms with Crippen LogP contribution in [0.5, 0.6) is 0 Å². The van der Waals surface area contributed by atoms with Crippen LogP contribution in [-0.2, 0) is 14.3 Å². The summed E-state index contributed by atoms with van der Waals surface area (Å²) in [5.41, 5.74) is 0. The Balaban J connectivity index is 1.67. The molecule has 3 rings (SSSR count). The first-order valence-electron chi connectivity index (χ1n) is 8.10. The average molecular weight is 295 g/mol. The minimum Gasteiger partial charge on any atom is -0.381 e. The number of amides is 2. The highest BCUT2D eigenvalue weighted by molar-refractivity contribution is 5.95. The van der Waals surface area contributed by atoms with E-state index in [1.54, 1.807) is 9.80 Å². The first-order valence-corrected chi connectivity index (χ1v) is 8.10. The standard InChI is InChI=1S/C15H25N3O3/c1-2-16-12(11-5-7-21-10-11)8-17-9-14(19)18-6-3-4-13(18)15(17)20/h11-13,16H,2-10H2,1H3. The highest BCUT2D eigenvalue weighted by Crippen LogP contribution is 2.25. The lowest BCUT2D eigenvalue weighted by Gasteiger charge is -2.39. The van der Waals surface area contributed by atoms with E-state index in [4.69, 9.17) is 4.74 Å². The number of rotatable bonds is 5. The Morgan fingerprint density at radius 1 is 1.38 bits per heavy atom. The van der Waals surface area contributed by atoms with Gasteiger partial charge >= 0.3 is 0 Å². The van der Waals surface area contributed by atoms with Gasteiger partial charge < -0.3 is 19.9 Å². The van der Waals surface area contributed by atoms with E-state index in [0.29, 0.717) is 12.5 Å². The Bertz CT molecular complexity index is 409. The Labute approximate surface area is 125 Å². The van der Waals surface area contributed by atoms with Gasteiger partial charge in [-0.05, 0) is 25.8 Å². The molecule has 3 heterocycles. The molecule has 118 valence electrons. The molecule has 3 atom stereocenters. The zero-order chi connectivity index (χ0) is 14.8. The Morgan fingerprint density at radius 3 is 2.95 bits per heavy atom. The van der Waals surface area contributed by atoms with E-state index in [-0.39, 0.29) is 30.4 Å². The van der Waals surface area contributed by atoms with E-state index < -0.39 is 0 Å².